The molecule has 6 aromatic carbocycles. The van der Waals surface area contributed by atoms with E-state index in [9.17, 15) is 79.8 Å². The Morgan fingerprint density at radius 2 is 0.780 bits per heavy atom. The van der Waals surface area contributed by atoms with Gasteiger partial charge in [0.25, 0.3) is 23.1 Å². The van der Waals surface area contributed by atoms with E-state index in [4.69, 9.17) is 16.7 Å². The predicted octanol–water partition coefficient (Wildman–Crippen LogP) is 5.42. The predicted molar refractivity (Wildman–Crippen MR) is 283 cm³/mol. The first-order chi connectivity index (χ1) is 39.0. The fraction of sp³-hybridized carbons (Fsp3) is 0. The average molecular weight is 1180 g/mol. The van der Waals surface area contributed by atoms with Crippen molar-refractivity contribution in [3.63, 3.8) is 0 Å². The van der Waals surface area contributed by atoms with Crippen LogP contribution < -0.4 is 16.7 Å². The Kier molecular flexibility index (Phi) is 13.6. The number of nitrogens with zero attached hydrogens (tertiary/aromatic N) is 8. The highest BCUT2D eigenvalue weighted by Gasteiger charge is 2.43. The zero-order valence-electron chi connectivity index (χ0n) is 40.7. The highest BCUT2D eigenvalue weighted by Crippen LogP contribution is 2.47. The molecule has 0 bridgehead atoms. The topological polar surface area (TPSA) is 404 Å². The molecule has 0 amide bonds. The Bertz CT molecular complexity index is 4870. The standard InChI is InChI=1S/C53H26N8O17S4/c54-58-38-22-20-32-36(48(38)63)14-7-15-43(32)79(67,68)76-42-23-21-37(47(62)27-16-18-28(19-17-27)75-80(69,70)44-24-39(59-55)49(64)33-11-4-1-8-29(33)44)52(77-81(71,72)45-25-40(60-56)50(65)34-12-5-2-9-30(34)45)53(42)78-82(73,74)46-26-41(61-57)51(66)35-13-6-3-10-31(35)46/h1-26H. The Balaban J connectivity index is 1.16. The van der Waals surface area contributed by atoms with Gasteiger partial charge in [-0.2, -0.15) is 52.8 Å². The van der Waals surface area contributed by atoms with E-state index >= 15 is 0 Å². The number of carbonyl (C=O) groups is 5. The van der Waals surface area contributed by atoms with Crippen LogP contribution in [0.1, 0.15) is 79.6 Å². The van der Waals surface area contributed by atoms with E-state index in [1.165, 1.54) is 54.6 Å². The van der Waals surface area contributed by atoms with Crippen molar-refractivity contribution in [1.29, 1.82) is 0 Å². The third kappa shape index (κ3) is 9.47. The Labute approximate surface area is 461 Å². The Morgan fingerprint density at radius 1 is 0.378 bits per heavy atom. The lowest BCUT2D eigenvalue weighted by molar-refractivity contribution is -0.00460. The average Bonchev–Trinajstić information content (AvgIpc) is 3.65. The zero-order chi connectivity index (χ0) is 58.6. The normalized spacial score (nSPS) is 14.7. The highest BCUT2D eigenvalue weighted by molar-refractivity contribution is 7.97. The van der Waals surface area contributed by atoms with Gasteiger partial charge in [-0.1, -0.05) is 84.9 Å². The number of carbonyl (C=O) groups excluding carboxylic acids is 5. The van der Waals surface area contributed by atoms with Crippen molar-refractivity contribution in [2.75, 3.05) is 0 Å². The van der Waals surface area contributed by atoms with Gasteiger partial charge in [0.2, 0.25) is 11.5 Å². The van der Waals surface area contributed by atoms with Gasteiger partial charge in [0.15, 0.2) is 11.5 Å². The van der Waals surface area contributed by atoms with Crippen molar-refractivity contribution in [3.8, 4) is 23.0 Å². The van der Waals surface area contributed by atoms with Gasteiger partial charge >= 0.3 is 63.3 Å². The number of rotatable bonds is 14. The van der Waals surface area contributed by atoms with E-state index in [2.05, 4.69) is 19.2 Å². The molecule has 6 aromatic rings. The molecule has 0 atom stereocenters. The van der Waals surface area contributed by atoms with Crippen LogP contribution >= 0.6 is 0 Å². The molecule has 10 rings (SSSR count). The van der Waals surface area contributed by atoms with Gasteiger partial charge in [0.1, 0.15) is 25.4 Å². The van der Waals surface area contributed by atoms with Crippen molar-refractivity contribution in [1.82, 2.24) is 0 Å². The molecule has 0 saturated carbocycles. The monoisotopic (exact) mass is 1170 g/mol. The van der Waals surface area contributed by atoms with Crippen molar-refractivity contribution in [2.45, 2.75) is 4.90 Å². The van der Waals surface area contributed by atoms with Crippen molar-refractivity contribution in [2.24, 2.45) is 0 Å². The number of hydrogen-bond acceptors (Lipinski definition) is 17. The molecule has 25 nitrogen and oxygen atoms in total. The maximum Gasteiger partial charge on any atom is 0.364 e. The summed E-state index contributed by atoms with van der Waals surface area (Å²) in [5.41, 5.74) is 31.7. The van der Waals surface area contributed by atoms with E-state index in [0.717, 1.165) is 78.9 Å². The van der Waals surface area contributed by atoms with Crippen LogP contribution in [0.4, 0.5) is 0 Å². The minimum absolute atomic E-state index is 0.116. The van der Waals surface area contributed by atoms with Gasteiger partial charge in [-0.3, -0.25) is 24.0 Å². The molecule has 0 aliphatic heterocycles. The minimum atomic E-state index is -5.69. The van der Waals surface area contributed by atoms with E-state index in [-0.39, 0.29) is 33.4 Å². The first-order valence-electron chi connectivity index (χ1n) is 22.9. The number of fused-ring (bicyclic) bond motifs is 4. The third-order valence-electron chi connectivity index (χ3n) is 12.5. The zero-order valence-corrected chi connectivity index (χ0v) is 43.9. The van der Waals surface area contributed by atoms with Gasteiger partial charge in [-0.05, 0) is 48.5 Å². The molecule has 0 heterocycles. The molecular weight excluding hydrogens is 1150 g/mol. The molecule has 0 saturated heterocycles. The van der Waals surface area contributed by atoms with Crippen molar-refractivity contribution < 1.29 is 93.5 Å². The van der Waals surface area contributed by atoms with Crippen LogP contribution in [-0.4, -0.2) is 105 Å². The van der Waals surface area contributed by atoms with Crippen LogP contribution in [0.15, 0.2) is 157 Å². The summed E-state index contributed by atoms with van der Waals surface area (Å²) >= 11 is 0. The molecule has 4 aliphatic rings. The maximum absolute atomic E-state index is 15.0. The molecular formula is C53H26N8O17S4. The van der Waals surface area contributed by atoms with Crippen LogP contribution in [0, 0.1) is 0 Å². The molecule has 82 heavy (non-hydrogen) atoms. The quantitative estimate of drug-likeness (QED) is 0.0569. The summed E-state index contributed by atoms with van der Waals surface area (Å²) in [4.78, 5) is 75.6. The fourth-order valence-electron chi connectivity index (χ4n) is 8.75. The molecule has 29 heteroatoms. The Hall–Kier alpha value is -10.9. The maximum atomic E-state index is 15.0. The van der Waals surface area contributed by atoms with Crippen LogP contribution in [0.5, 0.6) is 23.0 Å². The molecule has 0 aromatic heterocycles. The summed E-state index contributed by atoms with van der Waals surface area (Å²) in [5, 5.41) is 0. The molecule has 0 unspecified atom stereocenters. The van der Waals surface area contributed by atoms with Crippen molar-refractivity contribution in [3.05, 3.63) is 229 Å². The van der Waals surface area contributed by atoms with Gasteiger partial charge in [0, 0.05) is 56.1 Å². The van der Waals surface area contributed by atoms with Gasteiger partial charge < -0.3 is 38.9 Å². The third-order valence-corrected chi connectivity index (χ3v) is 17.6. The smallest absolute Gasteiger partial charge is 0.364 e. The van der Waals surface area contributed by atoms with Crippen LogP contribution in [0.3, 0.4) is 0 Å². The lowest BCUT2D eigenvalue weighted by Crippen LogP contribution is -2.26. The lowest BCUT2D eigenvalue weighted by Gasteiger charge is -2.22. The summed E-state index contributed by atoms with van der Waals surface area (Å²) < 4.78 is 138. The van der Waals surface area contributed by atoms with E-state index in [0.29, 0.717) is 24.3 Å². The summed E-state index contributed by atoms with van der Waals surface area (Å²) in [5.74, 6) is -9.82. The number of benzene rings is 6. The van der Waals surface area contributed by atoms with E-state index in [1.54, 1.807) is 0 Å². The second-order valence-corrected chi connectivity index (χ2v) is 23.3. The molecule has 0 N–H and O–H groups in total. The Morgan fingerprint density at radius 3 is 1.23 bits per heavy atom. The number of ketones is 5. The minimum Gasteiger partial charge on any atom is -0.379 e. The SMILES string of the molecule is [N-]=[N+]=C1C=C(S(=O)(=O)Oc2ccc(C(=O)c3ccc(OS(=O)(=O)c4cccc5c4C=CC(=[N+]=[N-])C5=O)c(OS(=O)(=O)C4=CC(=[N+]=[N-])C(=O)c5ccccc54)c3OS(=O)(=O)C3=CC(=[N+]=[N-])C(=O)c4ccccc43)cc2)c2ccccc2C1=O. The van der Waals surface area contributed by atoms with Crippen LogP contribution in [0.2, 0.25) is 0 Å². The van der Waals surface area contributed by atoms with Gasteiger partial charge in [-0.15, -0.1) is 0 Å². The van der Waals surface area contributed by atoms with E-state index < -0.39 is 157 Å². The fourth-order valence-corrected chi connectivity index (χ4v) is 13.4. The first kappa shape index (κ1) is 54.5. The summed E-state index contributed by atoms with van der Waals surface area (Å²) in [6.07, 6.45) is 3.90. The largest absolute Gasteiger partial charge is 0.379 e. The number of hydrogen-bond donors (Lipinski definition) is 0. The molecule has 0 fully saturated rings. The van der Waals surface area contributed by atoms with E-state index in [1.807, 2.05) is 0 Å². The second kappa shape index (κ2) is 20.4. The summed E-state index contributed by atoms with van der Waals surface area (Å²) in [6.45, 7) is 0. The van der Waals surface area contributed by atoms with Gasteiger partial charge in [-0.25, -0.2) is 0 Å². The van der Waals surface area contributed by atoms with Crippen LogP contribution in [-0.2, 0) is 40.5 Å². The van der Waals surface area contributed by atoms with Crippen LogP contribution in [0.25, 0.3) is 42.9 Å². The molecule has 0 spiro atoms. The number of Topliss-reactive ketones (excluding diaryl/α,β-unsaturated/α-hetero) is 4. The lowest BCUT2D eigenvalue weighted by atomic mass is 9.95. The number of allylic oxidation sites excluding steroid dienone is 4. The second-order valence-electron chi connectivity index (χ2n) is 17.2. The molecule has 404 valence electrons. The van der Waals surface area contributed by atoms with Crippen molar-refractivity contribution >= 4 is 113 Å². The van der Waals surface area contributed by atoms with Gasteiger partial charge in [0.05, 0.1) is 23.8 Å². The summed E-state index contributed by atoms with van der Waals surface area (Å²) in [6, 6.07) is 23.5. The highest BCUT2D eigenvalue weighted by atomic mass is 32.2. The molecule has 4 aliphatic carbocycles. The molecule has 0 radical (unpaired) electrons. The summed E-state index contributed by atoms with van der Waals surface area (Å²) in [7, 11) is -21.7. The first-order valence-corrected chi connectivity index (χ1v) is 28.6.